The maximum Gasteiger partial charge on any atom is 0.338 e. The summed E-state index contributed by atoms with van der Waals surface area (Å²) in [5, 5.41) is 2.70. The molecular weight excluding hydrogens is 324 g/mol. The summed E-state index contributed by atoms with van der Waals surface area (Å²) in [5.74, 6) is -0.558. The molecule has 0 spiro atoms. The molecule has 1 aromatic heterocycles. The lowest BCUT2D eigenvalue weighted by Gasteiger charge is -2.11. The third-order valence-corrected chi connectivity index (χ3v) is 5.54. The van der Waals surface area contributed by atoms with E-state index in [4.69, 9.17) is 0 Å². The predicted molar refractivity (Wildman–Crippen MR) is 83.5 cm³/mol. The van der Waals surface area contributed by atoms with Crippen LogP contribution in [0.2, 0.25) is 0 Å². The zero-order valence-electron chi connectivity index (χ0n) is 12.2. The molecule has 0 aliphatic carbocycles. The predicted octanol–water partition coefficient (Wildman–Crippen LogP) is 1.76. The summed E-state index contributed by atoms with van der Waals surface area (Å²) in [6.07, 6.45) is 2.20. The van der Waals surface area contributed by atoms with E-state index in [0.29, 0.717) is 12.0 Å². The third kappa shape index (κ3) is 3.70. The number of esters is 1. The third-order valence-electron chi connectivity index (χ3n) is 3.09. The van der Waals surface area contributed by atoms with Crippen LogP contribution < -0.4 is 4.72 Å². The van der Waals surface area contributed by atoms with Crippen LogP contribution in [0, 0.1) is 6.92 Å². The molecule has 22 heavy (non-hydrogen) atoms. The van der Waals surface area contributed by atoms with Crippen molar-refractivity contribution in [3.63, 3.8) is 0 Å². The number of nitrogens with one attached hydrogen (secondary N) is 1. The summed E-state index contributed by atoms with van der Waals surface area (Å²) in [7, 11) is -2.43. The molecule has 1 heterocycles. The van der Waals surface area contributed by atoms with Crippen LogP contribution in [0.4, 0.5) is 0 Å². The SMILES string of the molecule is COC(=O)c1cccc(S(=O)(=O)NCCc2nccs2)c1C. The van der Waals surface area contributed by atoms with Crippen LogP contribution in [-0.2, 0) is 21.2 Å². The molecule has 0 saturated carbocycles. The van der Waals surface area contributed by atoms with Gasteiger partial charge < -0.3 is 4.74 Å². The summed E-state index contributed by atoms with van der Waals surface area (Å²) < 4.78 is 31.9. The first kappa shape index (κ1) is 16.6. The van der Waals surface area contributed by atoms with E-state index in [9.17, 15) is 13.2 Å². The fourth-order valence-corrected chi connectivity index (χ4v) is 3.90. The number of thiazole rings is 1. The van der Waals surface area contributed by atoms with Gasteiger partial charge in [-0.2, -0.15) is 0 Å². The first-order valence-electron chi connectivity index (χ1n) is 6.51. The number of hydrogen-bond acceptors (Lipinski definition) is 6. The molecule has 6 nitrogen and oxygen atoms in total. The standard InChI is InChI=1S/C14H16N2O4S2/c1-10-11(14(17)20-2)4-3-5-12(10)22(18,19)16-7-6-13-15-8-9-21-13/h3-5,8-9,16H,6-7H2,1-2H3. The van der Waals surface area contributed by atoms with Gasteiger partial charge in [0.05, 0.1) is 22.6 Å². The van der Waals surface area contributed by atoms with Crippen molar-refractivity contribution >= 4 is 27.3 Å². The Labute approximate surface area is 133 Å². The molecule has 0 bridgehead atoms. The molecule has 0 amide bonds. The summed E-state index contributed by atoms with van der Waals surface area (Å²) in [6.45, 7) is 1.83. The van der Waals surface area contributed by atoms with Crippen molar-refractivity contribution in [2.24, 2.45) is 0 Å². The van der Waals surface area contributed by atoms with Crippen LogP contribution in [0.15, 0.2) is 34.7 Å². The number of rotatable bonds is 6. The monoisotopic (exact) mass is 340 g/mol. The minimum Gasteiger partial charge on any atom is -0.465 e. The van der Waals surface area contributed by atoms with Crippen molar-refractivity contribution in [2.45, 2.75) is 18.2 Å². The van der Waals surface area contributed by atoms with Gasteiger partial charge in [0.1, 0.15) is 0 Å². The fraction of sp³-hybridized carbons (Fsp3) is 0.286. The molecule has 2 rings (SSSR count). The van der Waals surface area contributed by atoms with E-state index < -0.39 is 16.0 Å². The normalized spacial score (nSPS) is 11.4. The summed E-state index contributed by atoms with van der Waals surface area (Å²) in [6, 6.07) is 4.53. The molecule has 0 radical (unpaired) electrons. The number of benzene rings is 1. The molecule has 0 saturated heterocycles. The van der Waals surface area contributed by atoms with Crippen LogP contribution >= 0.6 is 11.3 Å². The smallest absolute Gasteiger partial charge is 0.338 e. The maximum absolute atomic E-state index is 12.4. The zero-order valence-corrected chi connectivity index (χ0v) is 13.8. The zero-order chi connectivity index (χ0) is 16.2. The lowest BCUT2D eigenvalue weighted by atomic mass is 10.1. The quantitative estimate of drug-likeness (QED) is 0.810. The maximum atomic E-state index is 12.4. The first-order valence-corrected chi connectivity index (χ1v) is 8.88. The Morgan fingerprint density at radius 1 is 1.41 bits per heavy atom. The summed E-state index contributed by atoms with van der Waals surface area (Å²) in [5.41, 5.74) is 0.612. The Kier molecular flexibility index (Phi) is 5.28. The highest BCUT2D eigenvalue weighted by Crippen LogP contribution is 2.19. The Balaban J connectivity index is 2.17. The van der Waals surface area contributed by atoms with Crippen LogP contribution in [-0.4, -0.2) is 33.0 Å². The van der Waals surface area contributed by atoms with Gasteiger partial charge in [0.2, 0.25) is 10.0 Å². The second-order valence-electron chi connectivity index (χ2n) is 4.49. The molecule has 0 atom stereocenters. The number of nitrogens with zero attached hydrogens (tertiary/aromatic N) is 1. The van der Waals surface area contributed by atoms with Gasteiger partial charge in [-0.25, -0.2) is 22.9 Å². The topological polar surface area (TPSA) is 85.4 Å². The van der Waals surface area contributed by atoms with E-state index in [0.717, 1.165) is 5.01 Å². The Bertz CT molecular complexity index is 755. The Hall–Kier alpha value is -1.77. The van der Waals surface area contributed by atoms with Crippen molar-refractivity contribution in [3.8, 4) is 0 Å². The number of sulfonamides is 1. The fourth-order valence-electron chi connectivity index (χ4n) is 1.98. The van der Waals surface area contributed by atoms with Crippen LogP contribution in [0.5, 0.6) is 0 Å². The van der Waals surface area contributed by atoms with Gasteiger partial charge in [-0.15, -0.1) is 11.3 Å². The van der Waals surface area contributed by atoms with E-state index in [1.165, 1.54) is 36.6 Å². The molecule has 118 valence electrons. The van der Waals surface area contributed by atoms with Gasteiger partial charge >= 0.3 is 5.97 Å². The molecule has 1 aromatic carbocycles. The molecule has 0 unspecified atom stereocenters. The second kappa shape index (κ2) is 6.99. The van der Waals surface area contributed by atoms with E-state index in [1.54, 1.807) is 13.1 Å². The van der Waals surface area contributed by atoms with E-state index in [2.05, 4.69) is 14.4 Å². The lowest BCUT2D eigenvalue weighted by molar-refractivity contribution is 0.0599. The van der Waals surface area contributed by atoms with Crippen LogP contribution in [0.1, 0.15) is 20.9 Å². The van der Waals surface area contributed by atoms with Crippen molar-refractivity contribution < 1.29 is 17.9 Å². The van der Waals surface area contributed by atoms with Gasteiger partial charge in [0.15, 0.2) is 0 Å². The average molecular weight is 340 g/mol. The minimum atomic E-state index is -3.69. The Morgan fingerprint density at radius 3 is 2.82 bits per heavy atom. The van der Waals surface area contributed by atoms with E-state index in [-0.39, 0.29) is 17.0 Å². The highest BCUT2D eigenvalue weighted by atomic mass is 32.2. The van der Waals surface area contributed by atoms with Crippen LogP contribution in [0.3, 0.4) is 0 Å². The summed E-state index contributed by atoms with van der Waals surface area (Å²) >= 11 is 1.47. The molecule has 2 aromatic rings. The molecule has 0 fully saturated rings. The van der Waals surface area contributed by atoms with Gasteiger partial charge in [0.25, 0.3) is 0 Å². The molecule has 8 heteroatoms. The molecule has 1 N–H and O–H groups in total. The average Bonchev–Trinajstić information content (AvgIpc) is 2.99. The Morgan fingerprint density at radius 2 is 2.18 bits per heavy atom. The van der Waals surface area contributed by atoms with Gasteiger partial charge in [-0.1, -0.05) is 6.07 Å². The lowest BCUT2D eigenvalue weighted by Crippen LogP contribution is -2.27. The largest absolute Gasteiger partial charge is 0.465 e. The second-order valence-corrected chi connectivity index (χ2v) is 7.21. The van der Waals surface area contributed by atoms with Gasteiger partial charge in [-0.05, 0) is 24.6 Å². The number of aromatic nitrogens is 1. The molecule has 0 aliphatic heterocycles. The molecule has 0 aliphatic rings. The number of carbonyl (C=O) groups is 1. The molecular formula is C14H16N2O4S2. The van der Waals surface area contributed by atoms with E-state index >= 15 is 0 Å². The van der Waals surface area contributed by atoms with E-state index in [1.807, 2.05) is 5.38 Å². The highest BCUT2D eigenvalue weighted by Gasteiger charge is 2.20. The van der Waals surface area contributed by atoms with Crippen molar-refractivity contribution in [1.82, 2.24) is 9.71 Å². The number of methoxy groups -OCH3 is 1. The van der Waals surface area contributed by atoms with Gasteiger partial charge in [0, 0.05) is 24.5 Å². The number of ether oxygens (including phenoxy) is 1. The van der Waals surface area contributed by atoms with Gasteiger partial charge in [-0.3, -0.25) is 0 Å². The minimum absolute atomic E-state index is 0.0783. The van der Waals surface area contributed by atoms with Crippen molar-refractivity contribution in [1.29, 1.82) is 0 Å². The number of hydrogen-bond donors (Lipinski definition) is 1. The number of carbonyl (C=O) groups excluding carboxylic acids is 1. The summed E-state index contributed by atoms with van der Waals surface area (Å²) in [4.78, 5) is 15.8. The van der Waals surface area contributed by atoms with Crippen molar-refractivity contribution in [3.05, 3.63) is 45.9 Å². The first-order chi connectivity index (χ1) is 10.5. The highest BCUT2D eigenvalue weighted by molar-refractivity contribution is 7.89. The van der Waals surface area contributed by atoms with Crippen molar-refractivity contribution in [2.75, 3.05) is 13.7 Å². The van der Waals surface area contributed by atoms with Crippen LogP contribution in [0.25, 0.3) is 0 Å².